The van der Waals surface area contributed by atoms with E-state index in [1.54, 1.807) is 5.57 Å². The van der Waals surface area contributed by atoms with Gasteiger partial charge in [-0.3, -0.25) is 0 Å². The Morgan fingerprint density at radius 1 is 0.889 bits per heavy atom. The molecule has 146 valence electrons. The lowest BCUT2D eigenvalue weighted by atomic mass is 9.84. The van der Waals surface area contributed by atoms with Crippen molar-refractivity contribution < 1.29 is 4.74 Å². The summed E-state index contributed by atoms with van der Waals surface area (Å²) in [6.45, 7) is 5.37. The molecule has 0 amide bonds. The van der Waals surface area contributed by atoms with E-state index >= 15 is 0 Å². The Hall–Kier alpha value is -1.76. The number of rotatable bonds is 10. The van der Waals surface area contributed by atoms with Gasteiger partial charge in [-0.25, -0.2) is 0 Å². The third kappa shape index (κ3) is 5.86. The summed E-state index contributed by atoms with van der Waals surface area (Å²) in [5.41, 5.74) is 2.95. The molecule has 0 heterocycles. The minimum absolute atomic E-state index is 0.829. The monoisotopic (exact) mass is 364 g/mol. The molecule has 0 N–H and O–H groups in total. The molecule has 0 aliphatic heterocycles. The maximum atomic E-state index is 5.94. The maximum absolute atomic E-state index is 5.94. The van der Waals surface area contributed by atoms with Crippen LogP contribution in [-0.2, 0) is 0 Å². The van der Waals surface area contributed by atoms with E-state index in [4.69, 9.17) is 4.74 Å². The van der Waals surface area contributed by atoms with Crippen molar-refractivity contribution in [1.82, 2.24) is 0 Å². The highest BCUT2D eigenvalue weighted by Crippen LogP contribution is 2.34. The quantitative estimate of drug-likeness (QED) is 0.386. The number of ether oxygens (including phenoxy) is 1. The van der Waals surface area contributed by atoms with Crippen molar-refractivity contribution in [1.29, 1.82) is 0 Å². The second kappa shape index (κ2) is 10.5. The molecule has 0 aromatic heterocycles. The molecule has 0 spiro atoms. The van der Waals surface area contributed by atoms with Crippen molar-refractivity contribution in [2.75, 3.05) is 6.61 Å². The third-order valence-electron chi connectivity index (χ3n) is 5.93. The fourth-order valence-corrected chi connectivity index (χ4v) is 4.14. The zero-order chi connectivity index (χ0) is 18.9. The fourth-order valence-electron chi connectivity index (χ4n) is 4.14. The third-order valence-corrected chi connectivity index (χ3v) is 5.93. The Morgan fingerprint density at radius 2 is 1.70 bits per heavy atom. The van der Waals surface area contributed by atoms with E-state index in [1.165, 1.54) is 74.1 Å². The number of hydrogen-bond donors (Lipinski definition) is 0. The topological polar surface area (TPSA) is 9.23 Å². The van der Waals surface area contributed by atoms with Crippen molar-refractivity contribution >= 4 is 16.3 Å². The Balaban J connectivity index is 1.61. The first-order valence-electron chi connectivity index (χ1n) is 11.2. The Labute approximate surface area is 165 Å². The molecule has 2 aromatic carbocycles. The summed E-state index contributed by atoms with van der Waals surface area (Å²) < 4.78 is 5.94. The molecule has 3 rings (SSSR count). The summed E-state index contributed by atoms with van der Waals surface area (Å²) in [7, 11) is 0. The SMILES string of the molecule is CCCCCCOc1ccc2cc(C3=CCC(CCCC)CC3)ccc2c1. The normalized spacial score (nSPS) is 17.1. The van der Waals surface area contributed by atoms with Gasteiger partial charge < -0.3 is 4.74 Å². The summed E-state index contributed by atoms with van der Waals surface area (Å²) in [6, 6.07) is 13.5. The van der Waals surface area contributed by atoms with Crippen molar-refractivity contribution in [3.8, 4) is 5.75 Å². The molecule has 0 saturated heterocycles. The largest absolute Gasteiger partial charge is 0.494 e. The van der Waals surface area contributed by atoms with Crippen LogP contribution < -0.4 is 4.74 Å². The van der Waals surface area contributed by atoms with Crippen LogP contribution in [0.4, 0.5) is 0 Å². The van der Waals surface area contributed by atoms with Gasteiger partial charge in [0.1, 0.15) is 5.75 Å². The molecule has 1 heteroatoms. The van der Waals surface area contributed by atoms with Gasteiger partial charge >= 0.3 is 0 Å². The van der Waals surface area contributed by atoms with Gasteiger partial charge in [0.25, 0.3) is 0 Å². The van der Waals surface area contributed by atoms with E-state index in [1.807, 2.05) is 0 Å². The average Bonchev–Trinajstić information content (AvgIpc) is 2.72. The number of allylic oxidation sites excluding steroid dienone is 2. The first kappa shape index (κ1) is 20.0. The highest BCUT2D eigenvalue weighted by Gasteiger charge is 2.15. The lowest BCUT2D eigenvalue weighted by molar-refractivity contribution is 0.305. The molecule has 1 aliphatic rings. The highest BCUT2D eigenvalue weighted by atomic mass is 16.5. The Kier molecular flexibility index (Phi) is 7.80. The molecule has 27 heavy (non-hydrogen) atoms. The number of hydrogen-bond acceptors (Lipinski definition) is 1. The van der Waals surface area contributed by atoms with Crippen LogP contribution in [0.5, 0.6) is 5.75 Å². The van der Waals surface area contributed by atoms with Crippen molar-refractivity contribution in [2.45, 2.75) is 78.1 Å². The van der Waals surface area contributed by atoms with Gasteiger partial charge in [-0.1, -0.05) is 76.6 Å². The smallest absolute Gasteiger partial charge is 0.119 e. The molecule has 1 aliphatic carbocycles. The van der Waals surface area contributed by atoms with E-state index in [-0.39, 0.29) is 0 Å². The van der Waals surface area contributed by atoms with Gasteiger partial charge in [-0.15, -0.1) is 0 Å². The van der Waals surface area contributed by atoms with Crippen LogP contribution in [0.3, 0.4) is 0 Å². The van der Waals surface area contributed by atoms with Gasteiger partial charge in [0.15, 0.2) is 0 Å². The Bertz CT molecular complexity index is 743. The number of fused-ring (bicyclic) bond motifs is 1. The predicted octanol–water partition coefficient (Wildman–Crippen LogP) is 8.17. The molecule has 0 radical (unpaired) electrons. The predicted molar refractivity (Wildman–Crippen MR) is 118 cm³/mol. The molecule has 0 bridgehead atoms. The first-order chi connectivity index (χ1) is 13.3. The molecule has 0 fully saturated rings. The molecule has 1 unspecified atom stereocenters. The van der Waals surface area contributed by atoms with Gasteiger partial charge in [0, 0.05) is 0 Å². The van der Waals surface area contributed by atoms with Gasteiger partial charge in [-0.2, -0.15) is 0 Å². The lowest BCUT2D eigenvalue weighted by Crippen LogP contribution is -2.05. The van der Waals surface area contributed by atoms with Gasteiger partial charge in [-0.05, 0) is 71.7 Å². The number of benzene rings is 2. The van der Waals surface area contributed by atoms with E-state index in [0.29, 0.717) is 0 Å². The van der Waals surface area contributed by atoms with Crippen LogP contribution in [0.15, 0.2) is 42.5 Å². The summed E-state index contributed by atoms with van der Waals surface area (Å²) >= 11 is 0. The van der Waals surface area contributed by atoms with Crippen molar-refractivity contribution in [3.05, 3.63) is 48.0 Å². The first-order valence-corrected chi connectivity index (χ1v) is 11.2. The van der Waals surface area contributed by atoms with E-state index in [2.05, 4.69) is 56.3 Å². The maximum Gasteiger partial charge on any atom is 0.119 e. The van der Waals surface area contributed by atoms with E-state index in [0.717, 1.165) is 24.7 Å². The summed E-state index contributed by atoms with van der Waals surface area (Å²) in [5, 5.41) is 2.60. The summed E-state index contributed by atoms with van der Waals surface area (Å²) in [5.74, 6) is 1.91. The van der Waals surface area contributed by atoms with E-state index in [9.17, 15) is 0 Å². The summed E-state index contributed by atoms with van der Waals surface area (Å²) in [6.07, 6.45) is 15.5. The van der Waals surface area contributed by atoms with Gasteiger partial charge in [0.2, 0.25) is 0 Å². The molecule has 2 aromatic rings. The van der Waals surface area contributed by atoms with Crippen LogP contribution in [0.1, 0.15) is 83.6 Å². The van der Waals surface area contributed by atoms with Crippen LogP contribution in [-0.4, -0.2) is 6.61 Å². The van der Waals surface area contributed by atoms with Crippen molar-refractivity contribution in [2.24, 2.45) is 5.92 Å². The Morgan fingerprint density at radius 3 is 2.48 bits per heavy atom. The minimum atomic E-state index is 0.829. The van der Waals surface area contributed by atoms with E-state index < -0.39 is 0 Å². The molecule has 0 saturated carbocycles. The number of unbranched alkanes of at least 4 members (excludes halogenated alkanes) is 4. The highest BCUT2D eigenvalue weighted by molar-refractivity contribution is 5.87. The average molecular weight is 365 g/mol. The zero-order valence-corrected chi connectivity index (χ0v) is 17.3. The van der Waals surface area contributed by atoms with Crippen molar-refractivity contribution in [3.63, 3.8) is 0 Å². The molecule has 1 atom stereocenters. The standard InChI is InChI=1S/C26H36O/c1-3-5-7-8-18-27-26-17-16-24-19-23(14-15-25(24)20-26)22-12-10-21(11-13-22)9-6-4-2/h12,14-17,19-21H,3-11,13,18H2,1-2H3. The van der Waals surface area contributed by atoms with Crippen LogP contribution in [0.2, 0.25) is 0 Å². The lowest BCUT2D eigenvalue weighted by Gasteiger charge is -2.22. The summed E-state index contributed by atoms with van der Waals surface area (Å²) in [4.78, 5) is 0. The second-order valence-corrected chi connectivity index (χ2v) is 8.14. The minimum Gasteiger partial charge on any atom is -0.494 e. The zero-order valence-electron chi connectivity index (χ0n) is 17.3. The van der Waals surface area contributed by atoms with Crippen LogP contribution in [0, 0.1) is 5.92 Å². The van der Waals surface area contributed by atoms with Crippen LogP contribution in [0.25, 0.3) is 16.3 Å². The second-order valence-electron chi connectivity index (χ2n) is 8.14. The molecular formula is C26H36O. The molecule has 1 nitrogen and oxygen atoms in total. The fraction of sp³-hybridized carbons (Fsp3) is 0.538. The van der Waals surface area contributed by atoms with Crippen LogP contribution >= 0.6 is 0 Å². The van der Waals surface area contributed by atoms with Gasteiger partial charge in [0.05, 0.1) is 6.61 Å². The molecular weight excluding hydrogens is 328 g/mol.